The molecule has 0 radical (unpaired) electrons. The number of hydrogen-bond donors (Lipinski definition) is 3. The predicted octanol–water partition coefficient (Wildman–Crippen LogP) is 7.57. The van der Waals surface area contributed by atoms with Gasteiger partial charge in [-0.15, -0.1) is 5.10 Å². The lowest BCUT2D eigenvalue weighted by molar-refractivity contribution is -0.254. The highest BCUT2D eigenvalue weighted by Gasteiger charge is 2.72. The SMILES string of the molecule is CCCCN[C@@](C)(CO[C@H]1[C@H](n2nnc(N)n2)CC23COC[C@@]1(C)[C@@H]2CC[C@H]1C3=CC[C@@]2(C)[C@H](C(=O)O)[C@@](C)([C@H](C)C(C)C)CC[C@]12C)C(C)C. The Morgan fingerprint density at radius 1 is 1.14 bits per heavy atom. The van der Waals surface area contributed by atoms with Crippen LogP contribution < -0.4 is 11.1 Å². The minimum atomic E-state index is -0.624. The van der Waals surface area contributed by atoms with Crippen LogP contribution in [-0.2, 0) is 14.3 Å². The minimum absolute atomic E-state index is 0.147. The third-order valence-corrected chi connectivity index (χ3v) is 16.7. The molecule has 1 aromatic heterocycles. The van der Waals surface area contributed by atoms with Crippen molar-refractivity contribution in [1.29, 1.82) is 0 Å². The van der Waals surface area contributed by atoms with Crippen LogP contribution in [0.2, 0.25) is 0 Å². The zero-order valence-electron chi connectivity index (χ0n) is 33.7. The first kappa shape index (κ1) is 38.7. The molecule has 12 atom stereocenters. The first-order chi connectivity index (χ1) is 23.8. The maximum absolute atomic E-state index is 13.5. The molecule has 6 rings (SSSR count). The van der Waals surface area contributed by atoms with Crippen LogP contribution in [0.3, 0.4) is 0 Å². The number of nitrogens with zero attached hydrogens (tertiary/aromatic N) is 4. The molecule has 4 fully saturated rings. The van der Waals surface area contributed by atoms with Crippen LogP contribution in [0.4, 0.5) is 5.95 Å². The van der Waals surface area contributed by atoms with Gasteiger partial charge in [0.2, 0.25) is 0 Å². The first-order valence-corrected chi connectivity index (χ1v) is 20.3. The summed E-state index contributed by atoms with van der Waals surface area (Å²) in [4.78, 5) is 15.2. The molecule has 51 heavy (non-hydrogen) atoms. The van der Waals surface area contributed by atoms with Crippen LogP contribution in [0, 0.1) is 62.6 Å². The number of carbonyl (C=O) groups is 1. The second kappa shape index (κ2) is 13.4. The number of nitrogen functional groups attached to an aromatic ring is 1. The number of unbranched alkanes of at least 4 members (excludes halogenated alkanes) is 1. The van der Waals surface area contributed by atoms with Crippen molar-refractivity contribution in [3.63, 3.8) is 0 Å². The number of ether oxygens (including phenoxy) is 2. The van der Waals surface area contributed by atoms with Gasteiger partial charge < -0.3 is 25.6 Å². The van der Waals surface area contributed by atoms with Crippen molar-refractivity contribution in [2.45, 2.75) is 145 Å². The molecule has 0 aromatic carbocycles. The summed E-state index contributed by atoms with van der Waals surface area (Å²) in [6, 6.07) is -0.166. The predicted molar refractivity (Wildman–Crippen MR) is 201 cm³/mol. The number of allylic oxidation sites excluding steroid dienone is 1. The fourth-order valence-electron chi connectivity index (χ4n) is 12.7. The molecule has 1 saturated heterocycles. The number of nitrogens with two attached hydrogens (primary N) is 1. The maximum atomic E-state index is 13.5. The Morgan fingerprint density at radius 3 is 2.47 bits per heavy atom. The highest BCUT2D eigenvalue weighted by molar-refractivity contribution is 5.73. The number of carboxylic acid groups (broad SMARTS) is 1. The summed E-state index contributed by atoms with van der Waals surface area (Å²) in [7, 11) is 0. The molecule has 5 aliphatic rings. The van der Waals surface area contributed by atoms with Crippen molar-refractivity contribution in [2.24, 2.45) is 62.6 Å². The van der Waals surface area contributed by atoms with Gasteiger partial charge in [0.1, 0.15) is 6.04 Å². The topological polar surface area (TPSA) is 137 Å². The van der Waals surface area contributed by atoms with Gasteiger partial charge in [-0.1, -0.05) is 92.4 Å². The molecule has 10 nitrogen and oxygen atoms in total. The van der Waals surface area contributed by atoms with Crippen molar-refractivity contribution in [2.75, 3.05) is 32.1 Å². The number of fused-ring (bicyclic) bond motifs is 3. The van der Waals surface area contributed by atoms with Gasteiger partial charge >= 0.3 is 5.97 Å². The van der Waals surface area contributed by atoms with E-state index in [0.29, 0.717) is 43.5 Å². The summed E-state index contributed by atoms with van der Waals surface area (Å²) in [6.45, 7) is 28.1. The van der Waals surface area contributed by atoms with Crippen LogP contribution in [-0.4, -0.2) is 69.3 Å². The third kappa shape index (κ3) is 5.73. The molecule has 4 aliphatic carbocycles. The molecule has 0 spiro atoms. The van der Waals surface area contributed by atoms with E-state index in [2.05, 4.69) is 103 Å². The van der Waals surface area contributed by atoms with E-state index in [1.54, 1.807) is 4.80 Å². The zero-order chi connectivity index (χ0) is 37.4. The second-order valence-corrected chi connectivity index (χ2v) is 19.7. The molecule has 2 heterocycles. The number of tetrazole rings is 1. The van der Waals surface area contributed by atoms with Crippen LogP contribution in [0.5, 0.6) is 0 Å². The molecular weight excluding hydrogens is 640 g/mol. The summed E-state index contributed by atoms with van der Waals surface area (Å²) in [5.74, 6) is 0.895. The molecular formula is C41H70N6O4. The molecule has 2 bridgehead atoms. The standard InChI is InChI=1S/C41H70N6O4/c1-12-13-20-43-40(11,26(4)5)23-51-33-30(47-45-35(42)44-46-47)21-41-24-50-22-37(33,8)31(41)15-14-28-29(41)16-17-39(10)32(34(48)49)36(7,27(6)25(2)3)18-19-38(28,39)9/h16,25-28,30-33,43H,12-15,17-24H2,1-11H3,(H2,42,45)(H,48,49)/t27-,28+,30-,31+,32-,33+,36-,37+,38-,39+,40+,41?/m1/s1. The number of aromatic nitrogens is 4. The Bertz CT molecular complexity index is 1480. The summed E-state index contributed by atoms with van der Waals surface area (Å²) in [5, 5.41) is 28.2. The van der Waals surface area contributed by atoms with Gasteiger partial charge in [0.15, 0.2) is 0 Å². The Balaban J connectivity index is 1.41. The van der Waals surface area contributed by atoms with Crippen LogP contribution in [0.15, 0.2) is 11.6 Å². The van der Waals surface area contributed by atoms with E-state index >= 15 is 0 Å². The minimum Gasteiger partial charge on any atom is -0.481 e. The van der Waals surface area contributed by atoms with Gasteiger partial charge in [-0.05, 0) is 109 Å². The molecule has 0 amide bonds. The van der Waals surface area contributed by atoms with Crippen molar-refractivity contribution < 1.29 is 19.4 Å². The lowest BCUT2D eigenvalue weighted by Gasteiger charge is -2.71. The van der Waals surface area contributed by atoms with Crippen LogP contribution in [0.1, 0.15) is 134 Å². The smallest absolute Gasteiger partial charge is 0.307 e. The molecule has 1 unspecified atom stereocenters. The van der Waals surface area contributed by atoms with Gasteiger partial charge in [-0.2, -0.15) is 4.80 Å². The van der Waals surface area contributed by atoms with Gasteiger partial charge in [0, 0.05) is 16.4 Å². The molecule has 10 heteroatoms. The van der Waals surface area contributed by atoms with Gasteiger partial charge in [0.05, 0.1) is 31.8 Å². The number of carboxylic acids is 1. The molecule has 288 valence electrons. The number of anilines is 1. The molecule has 1 aliphatic heterocycles. The normalized spacial score (nSPS) is 42.4. The van der Waals surface area contributed by atoms with Crippen LogP contribution >= 0.6 is 0 Å². The van der Waals surface area contributed by atoms with E-state index in [1.165, 1.54) is 5.57 Å². The Hall–Kier alpha value is -2.04. The first-order valence-electron chi connectivity index (χ1n) is 20.3. The Kier molecular flexibility index (Phi) is 10.1. The van der Waals surface area contributed by atoms with Gasteiger partial charge in [-0.25, -0.2) is 0 Å². The van der Waals surface area contributed by atoms with E-state index in [0.717, 1.165) is 57.9 Å². The summed E-state index contributed by atoms with van der Waals surface area (Å²) >= 11 is 0. The quantitative estimate of drug-likeness (QED) is 0.148. The van der Waals surface area contributed by atoms with E-state index in [-0.39, 0.29) is 56.6 Å². The number of rotatable bonds is 12. The third-order valence-electron chi connectivity index (χ3n) is 16.7. The summed E-state index contributed by atoms with van der Waals surface area (Å²) in [5.41, 5.74) is 6.14. The van der Waals surface area contributed by atoms with Crippen LogP contribution in [0.25, 0.3) is 0 Å². The lowest BCUT2D eigenvalue weighted by atomic mass is 9.34. The van der Waals surface area contributed by atoms with E-state index in [4.69, 9.17) is 15.2 Å². The Labute approximate surface area is 307 Å². The summed E-state index contributed by atoms with van der Waals surface area (Å²) in [6.07, 6.45) is 10.3. The largest absolute Gasteiger partial charge is 0.481 e. The number of hydrogen-bond acceptors (Lipinski definition) is 8. The lowest BCUT2D eigenvalue weighted by Crippen LogP contribution is -2.69. The number of aliphatic carboxylic acids is 1. The molecule has 1 aromatic rings. The zero-order valence-corrected chi connectivity index (χ0v) is 33.7. The average Bonchev–Trinajstić information content (AvgIpc) is 3.49. The highest BCUT2D eigenvalue weighted by atomic mass is 16.5. The molecule has 3 saturated carbocycles. The van der Waals surface area contributed by atoms with E-state index in [9.17, 15) is 9.90 Å². The molecule has 4 N–H and O–H groups in total. The fourth-order valence-corrected chi connectivity index (χ4v) is 12.7. The van der Waals surface area contributed by atoms with E-state index < -0.39 is 11.9 Å². The van der Waals surface area contributed by atoms with E-state index in [1.807, 2.05) is 0 Å². The van der Waals surface area contributed by atoms with Crippen molar-refractivity contribution in [3.8, 4) is 0 Å². The number of nitrogens with one attached hydrogen (secondary N) is 1. The monoisotopic (exact) mass is 711 g/mol. The van der Waals surface area contributed by atoms with Crippen molar-refractivity contribution in [3.05, 3.63) is 11.6 Å². The fraction of sp³-hybridized carbons (Fsp3) is 0.902. The summed E-state index contributed by atoms with van der Waals surface area (Å²) < 4.78 is 14.0. The highest BCUT2D eigenvalue weighted by Crippen LogP contribution is 2.75. The maximum Gasteiger partial charge on any atom is 0.307 e. The van der Waals surface area contributed by atoms with Gasteiger partial charge in [-0.3, -0.25) is 4.79 Å². The second-order valence-electron chi connectivity index (χ2n) is 19.7. The van der Waals surface area contributed by atoms with Crippen molar-refractivity contribution in [1.82, 2.24) is 25.5 Å². The van der Waals surface area contributed by atoms with Crippen molar-refractivity contribution >= 4 is 11.9 Å². The Morgan fingerprint density at radius 2 is 1.86 bits per heavy atom. The van der Waals surface area contributed by atoms with Gasteiger partial charge in [0.25, 0.3) is 5.95 Å². The average molecular weight is 711 g/mol.